The van der Waals surface area contributed by atoms with Gasteiger partial charge in [0.1, 0.15) is 0 Å². The van der Waals surface area contributed by atoms with Crippen molar-refractivity contribution in [1.82, 2.24) is 10.6 Å². The molecule has 4 N–H and O–H groups in total. The number of hydrogen-bond donors (Lipinski definition) is 3. The Bertz CT molecular complexity index is 180. The number of allylic oxidation sites excluding steroid dienone is 1. The molecule has 2 heterocycles. The third-order valence-electron chi connectivity index (χ3n) is 2.64. The molecule has 1 atom stereocenters. The molecule has 62 valence electrons. The number of hydrogen-bond acceptors (Lipinski definition) is 3. The monoisotopic (exact) mass is 153 g/mol. The van der Waals surface area contributed by atoms with Gasteiger partial charge in [0.15, 0.2) is 0 Å². The topological polar surface area (TPSA) is 50.1 Å². The molecule has 3 nitrogen and oxygen atoms in total. The Morgan fingerprint density at radius 2 is 2.36 bits per heavy atom. The lowest BCUT2D eigenvalue weighted by molar-refractivity contribution is 0.344. The zero-order valence-electron chi connectivity index (χ0n) is 6.69. The van der Waals surface area contributed by atoms with E-state index in [4.69, 9.17) is 5.73 Å². The summed E-state index contributed by atoms with van der Waals surface area (Å²) in [6.45, 7) is 2.20. The van der Waals surface area contributed by atoms with Gasteiger partial charge in [0.2, 0.25) is 0 Å². The Hall–Kier alpha value is -0.700. The fourth-order valence-electron chi connectivity index (χ4n) is 1.99. The standard InChI is InChI=1S/C8H15N3/c9-7-2-1-3-8(11-7)4-5-10-6-8/h2,10-11H,1,3-6,9H2. The van der Waals surface area contributed by atoms with E-state index in [0.29, 0.717) is 5.54 Å². The van der Waals surface area contributed by atoms with Crippen molar-refractivity contribution in [2.75, 3.05) is 13.1 Å². The van der Waals surface area contributed by atoms with Gasteiger partial charge in [0, 0.05) is 6.54 Å². The van der Waals surface area contributed by atoms with Gasteiger partial charge in [-0.2, -0.15) is 0 Å². The summed E-state index contributed by atoms with van der Waals surface area (Å²) < 4.78 is 0. The van der Waals surface area contributed by atoms with Crippen LogP contribution in [-0.4, -0.2) is 18.6 Å². The highest BCUT2D eigenvalue weighted by Crippen LogP contribution is 2.24. The summed E-state index contributed by atoms with van der Waals surface area (Å²) in [4.78, 5) is 0. The molecule has 0 aliphatic carbocycles. The Kier molecular flexibility index (Phi) is 1.53. The first-order chi connectivity index (χ1) is 5.31. The second-order valence-electron chi connectivity index (χ2n) is 3.53. The summed E-state index contributed by atoms with van der Waals surface area (Å²) in [6.07, 6.45) is 5.63. The highest BCUT2D eigenvalue weighted by Gasteiger charge is 2.34. The highest BCUT2D eigenvalue weighted by molar-refractivity contribution is 5.10. The van der Waals surface area contributed by atoms with Gasteiger partial charge in [-0.05, 0) is 31.9 Å². The zero-order chi connectivity index (χ0) is 7.73. The zero-order valence-corrected chi connectivity index (χ0v) is 6.69. The fraction of sp³-hybridized carbons (Fsp3) is 0.750. The van der Waals surface area contributed by atoms with E-state index in [1.165, 1.54) is 12.8 Å². The molecule has 0 aromatic carbocycles. The molecular weight excluding hydrogens is 138 g/mol. The molecule has 0 amide bonds. The van der Waals surface area contributed by atoms with Crippen molar-refractivity contribution in [2.45, 2.75) is 24.8 Å². The maximum atomic E-state index is 5.71. The molecule has 1 unspecified atom stereocenters. The van der Waals surface area contributed by atoms with Crippen molar-refractivity contribution in [2.24, 2.45) is 5.73 Å². The van der Waals surface area contributed by atoms with Crippen LogP contribution in [0.1, 0.15) is 19.3 Å². The molecule has 2 aliphatic heterocycles. The lowest BCUT2D eigenvalue weighted by Crippen LogP contribution is -2.49. The first-order valence-corrected chi connectivity index (χ1v) is 4.25. The van der Waals surface area contributed by atoms with Crippen LogP contribution in [0.5, 0.6) is 0 Å². The average molecular weight is 153 g/mol. The molecular formula is C8H15N3. The number of rotatable bonds is 0. The number of nitrogens with one attached hydrogen (secondary N) is 2. The molecule has 1 spiro atoms. The van der Waals surface area contributed by atoms with E-state index in [0.717, 1.165) is 25.3 Å². The molecule has 0 radical (unpaired) electrons. The molecule has 0 aromatic heterocycles. The van der Waals surface area contributed by atoms with Crippen LogP contribution in [0.25, 0.3) is 0 Å². The molecule has 3 heteroatoms. The van der Waals surface area contributed by atoms with Crippen LogP contribution in [0.2, 0.25) is 0 Å². The van der Waals surface area contributed by atoms with Gasteiger partial charge in [-0.25, -0.2) is 0 Å². The van der Waals surface area contributed by atoms with Gasteiger partial charge in [-0.1, -0.05) is 0 Å². The van der Waals surface area contributed by atoms with Crippen LogP contribution in [0.4, 0.5) is 0 Å². The second-order valence-corrected chi connectivity index (χ2v) is 3.53. The second kappa shape index (κ2) is 2.41. The lowest BCUT2D eigenvalue weighted by Gasteiger charge is -2.33. The minimum absolute atomic E-state index is 0.291. The maximum absolute atomic E-state index is 5.71. The van der Waals surface area contributed by atoms with Gasteiger partial charge in [-0.15, -0.1) is 0 Å². The van der Waals surface area contributed by atoms with Gasteiger partial charge in [-0.3, -0.25) is 0 Å². The van der Waals surface area contributed by atoms with E-state index < -0.39 is 0 Å². The minimum atomic E-state index is 0.291. The Morgan fingerprint density at radius 1 is 1.45 bits per heavy atom. The normalized spacial score (nSPS) is 36.9. The highest BCUT2D eigenvalue weighted by atomic mass is 15.1. The summed E-state index contributed by atoms with van der Waals surface area (Å²) >= 11 is 0. The van der Waals surface area contributed by atoms with Crippen molar-refractivity contribution in [3.05, 3.63) is 11.9 Å². The van der Waals surface area contributed by atoms with Gasteiger partial charge >= 0.3 is 0 Å². The molecule has 2 aliphatic rings. The molecule has 1 saturated heterocycles. The van der Waals surface area contributed by atoms with Crippen molar-refractivity contribution in [1.29, 1.82) is 0 Å². The first kappa shape index (κ1) is 6.98. The summed E-state index contributed by atoms with van der Waals surface area (Å²) in [7, 11) is 0. The minimum Gasteiger partial charge on any atom is -0.386 e. The Balaban J connectivity index is 2.09. The van der Waals surface area contributed by atoms with Crippen LogP contribution < -0.4 is 16.4 Å². The third-order valence-corrected chi connectivity index (χ3v) is 2.64. The Labute approximate surface area is 67.0 Å². The Morgan fingerprint density at radius 3 is 3.00 bits per heavy atom. The average Bonchev–Trinajstić information content (AvgIpc) is 2.37. The van der Waals surface area contributed by atoms with E-state index in [2.05, 4.69) is 16.7 Å². The van der Waals surface area contributed by atoms with Crippen LogP contribution >= 0.6 is 0 Å². The molecule has 2 rings (SSSR count). The van der Waals surface area contributed by atoms with Crippen LogP contribution in [0.15, 0.2) is 11.9 Å². The van der Waals surface area contributed by atoms with Crippen LogP contribution in [-0.2, 0) is 0 Å². The van der Waals surface area contributed by atoms with E-state index in [1.54, 1.807) is 0 Å². The van der Waals surface area contributed by atoms with Crippen LogP contribution in [0, 0.1) is 0 Å². The van der Waals surface area contributed by atoms with Crippen molar-refractivity contribution >= 4 is 0 Å². The van der Waals surface area contributed by atoms with E-state index in [9.17, 15) is 0 Å². The fourth-order valence-corrected chi connectivity index (χ4v) is 1.99. The number of nitrogens with two attached hydrogens (primary N) is 1. The summed E-state index contributed by atoms with van der Waals surface area (Å²) in [5, 5.41) is 6.73. The SMILES string of the molecule is NC1=CCCC2(CCNC2)N1. The van der Waals surface area contributed by atoms with Gasteiger partial charge in [0.25, 0.3) is 0 Å². The van der Waals surface area contributed by atoms with Gasteiger partial charge in [0.05, 0.1) is 11.4 Å². The third kappa shape index (κ3) is 1.20. The van der Waals surface area contributed by atoms with Crippen molar-refractivity contribution in [3.63, 3.8) is 0 Å². The molecule has 11 heavy (non-hydrogen) atoms. The maximum Gasteiger partial charge on any atom is 0.0923 e. The predicted molar refractivity (Wildman–Crippen MR) is 44.9 cm³/mol. The molecule has 0 aromatic rings. The van der Waals surface area contributed by atoms with E-state index >= 15 is 0 Å². The predicted octanol–water partition coefficient (Wildman–Crippen LogP) is -0.0980. The van der Waals surface area contributed by atoms with E-state index in [-0.39, 0.29) is 0 Å². The summed E-state index contributed by atoms with van der Waals surface area (Å²) in [5.41, 5.74) is 6.00. The van der Waals surface area contributed by atoms with E-state index in [1.807, 2.05) is 0 Å². The quantitative estimate of drug-likeness (QED) is 0.455. The largest absolute Gasteiger partial charge is 0.386 e. The summed E-state index contributed by atoms with van der Waals surface area (Å²) in [6, 6.07) is 0. The first-order valence-electron chi connectivity index (χ1n) is 4.25. The van der Waals surface area contributed by atoms with Crippen molar-refractivity contribution in [3.8, 4) is 0 Å². The smallest absolute Gasteiger partial charge is 0.0923 e. The lowest BCUT2D eigenvalue weighted by atomic mass is 9.90. The molecule has 1 fully saturated rings. The molecule has 0 saturated carbocycles. The summed E-state index contributed by atoms with van der Waals surface area (Å²) in [5.74, 6) is 0.861. The van der Waals surface area contributed by atoms with Crippen molar-refractivity contribution < 1.29 is 0 Å². The van der Waals surface area contributed by atoms with Gasteiger partial charge < -0.3 is 16.4 Å². The van der Waals surface area contributed by atoms with Crippen LogP contribution in [0.3, 0.4) is 0 Å². The molecule has 0 bridgehead atoms.